The van der Waals surface area contributed by atoms with E-state index in [9.17, 15) is 8.78 Å². The molecule has 0 amide bonds. The largest absolute Gasteiger partial charge is 0.416 e. The Balaban J connectivity index is 2.16. The van der Waals surface area contributed by atoms with E-state index in [2.05, 4.69) is 26.1 Å². The van der Waals surface area contributed by atoms with Gasteiger partial charge >= 0.3 is 0 Å². The van der Waals surface area contributed by atoms with Crippen molar-refractivity contribution in [3.63, 3.8) is 0 Å². The molecule has 0 saturated carbocycles. The molecule has 0 aliphatic rings. The van der Waals surface area contributed by atoms with Crippen LogP contribution < -0.4 is 0 Å². The summed E-state index contributed by atoms with van der Waals surface area (Å²) < 4.78 is 32.3. The van der Waals surface area contributed by atoms with Gasteiger partial charge in [0, 0.05) is 18.2 Å². The minimum atomic E-state index is -0.603. The third-order valence-corrected chi connectivity index (χ3v) is 3.44. The van der Waals surface area contributed by atoms with Crippen molar-refractivity contribution in [2.24, 2.45) is 0 Å². The fraction of sp³-hybridized carbons (Fsp3) is 0.200. The topological polar surface area (TPSA) is 38.9 Å². The predicted molar refractivity (Wildman–Crippen MR) is 62.7 cm³/mol. The Morgan fingerprint density at radius 2 is 2.12 bits per heavy atom. The molecule has 0 atom stereocenters. The monoisotopic (exact) mass is 320 g/mol. The number of benzene rings is 1. The van der Waals surface area contributed by atoms with Crippen molar-refractivity contribution in [1.82, 2.24) is 10.2 Å². The number of hydrogen-bond donors (Lipinski definition) is 0. The van der Waals surface area contributed by atoms with Gasteiger partial charge in [-0.15, -0.1) is 10.2 Å². The normalized spacial score (nSPS) is 10.8. The van der Waals surface area contributed by atoms with Crippen LogP contribution in [0.25, 0.3) is 0 Å². The predicted octanol–water partition coefficient (Wildman–Crippen LogP) is 3.71. The van der Waals surface area contributed by atoms with Crippen molar-refractivity contribution in [1.29, 1.82) is 0 Å². The maximum Gasteiger partial charge on any atom is 0.276 e. The van der Waals surface area contributed by atoms with Crippen molar-refractivity contribution >= 4 is 27.7 Å². The van der Waals surface area contributed by atoms with E-state index in [1.807, 2.05) is 0 Å². The molecular formula is C10H7BrF2N2OS. The van der Waals surface area contributed by atoms with Crippen LogP contribution in [-0.4, -0.2) is 10.2 Å². The summed E-state index contributed by atoms with van der Waals surface area (Å²) in [7, 11) is 0. The van der Waals surface area contributed by atoms with Gasteiger partial charge in [-0.05, 0) is 28.1 Å². The lowest BCUT2D eigenvalue weighted by Crippen LogP contribution is -1.94. The minimum Gasteiger partial charge on any atom is -0.416 e. The first-order chi connectivity index (χ1) is 8.08. The van der Waals surface area contributed by atoms with Crippen molar-refractivity contribution in [2.75, 3.05) is 0 Å². The molecule has 0 N–H and O–H groups in total. The van der Waals surface area contributed by atoms with Crippen LogP contribution in [0.1, 0.15) is 11.5 Å². The SMILES string of the molecule is Cc1nnc(SCc2c(F)ccc(Br)c2F)o1. The average Bonchev–Trinajstić information content (AvgIpc) is 2.70. The van der Waals surface area contributed by atoms with E-state index < -0.39 is 11.6 Å². The van der Waals surface area contributed by atoms with Crippen LogP contribution in [0.3, 0.4) is 0 Å². The fourth-order valence-corrected chi connectivity index (χ4v) is 2.35. The van der Waals surface area contributed by atoms with Gasteiger partial charge in [-0.3, -0.25) is 0 Å². The first-order valence-corrected chi connectivity index (χ1v) is 6.41. The molecule has 1 aromatic heterocycles. The second kappa shape index (κ2) is 5.14. The Morgan fingerprint density at radius 3 is 2.76 bits per heavy atom. The molecule has 0 aliphatic heterocycles. The van der Waals surface area contributed by atoms with Gasteiger partial charge < -0.3 is 4.42 Å². The summed E-state index contributed by atoms with van der Waals surface area (Å²) >= 11 is 4.10. The molecule has 2 aromatic rings. The molecule has 17 heavy (non-hydrogen) atoms. The van der Waals surface area contributed by atoms with Crippen LogP contribution in [0.15, 0.2) is 26.2 Å². The highest BCUT2D eigenvalue weighted by atomic mass is 79.9. The van der Waals surface area contributed by atoms with Crippen molar-refractivity contribution in [3.05, 3.63) is 39.7 Å². The number of nitrogens with zero attached hydrogens (tertiary/aromatic N) is 2. The summed E-state index contributed by atoms with van der Waals surface area (Å²) in [5.41, 5.74) is -0.0137. The van der Waals surface area contributed by atoms with Crippen LogP contribution in [0, 0.1) is 18.6 Å². The molecule has 1 aromatic carbocycles. The van der Waals surface area contributed by atoms with E-state index in [0.29, 0.717) is 11.1 Å². The van der Waals surface area contributed by atoms with Gasteiger partial charge in [0.05, 0.1) is 4.47 Å². The van der Waals surface area contributed by atoms with Crippen LogP contribution in [0.4, 0.5) is 8.78 Å². The zero-order valence-electron chi connectivity index (χ0n) is 8.71. The number of hydrogen-bond acceptors (Lipinski definition) is 4. The average molecular weight is 321 g/mol. The number of aryl methyl sites for hydroxylation is 1. The summed E-state index contributed by atoms with van der Waals surface area (Å²) in [6.07, 6.45) is 0. The van der Waals surface area contributed by atoms with Crippen LogP contribution in [0.2, 0.25) is 0 Å². The van der Waals surface area contributed by atoms with E-state index in [1.165, 1.54) is 12.1 Å². The lowest BCUT2D eigenvalue weighted by molar-refractivity contribution is 0.429. The maximum absolute atomic E-state index is 13.6. The minimum absolute atomic E-state index is 0.0137. The molecule has 0 radical (unpaired) electrons. The van der Waals surface area contributed by atoms with Gasteiger partial charge in [0.15, 0.2) is 0 Å². The maximum atomic E-state index is 13.6. The Kier molecular flexibility index (Phi) is 3.78. The summed E-state index contributed by atoms with van der Waals surface area (Å²) in [5.74, 6) is -0.676. The summed E-state index contributed by atoms with van der Waals surface area (Å²) in [6, 6.07) is 2.54. The van der Waals surface area contributed by atoms with Crippen molar-refractivity contribution in [2.45, 2.75) is 17.9 Å². The van der Waals surface area contributed by atoms with Crippen LogP contribution >= 0.6 is 27.7 Å². The molecule has 0 bridgehead atoms. The van der Waals surface area contributed by atoms with Gasteiger partial charge in [-0.2, -0.15) is 0 Å². The third kappa shape index (κ3) is 2.84. The van der Waals surface area contributed by atoms with Crippen molar-refractivity contribution in [3.8, 4) is 0 Å². The molecule has 7 heteroatoms. The van der Waals surface area contributed by atoms with E-state index in [1.54, 1.807) is 6.92 Å². The lowest BCUT2D eigenvalue weighted by Gasteiger charge is -2.04. The molecule has 0 unspecified atom stereocenters. The van der Waals surface area contributed by atoms with E-state index >= 15 is 0 Å². The molecule has 2 rings (SSSR count). The Morgan fingerprint density at radius 1 is 1.35 bits per heavy atom. The lowest BCUT2D eigenvalue weighted by atomic mass is 10.2. The Hall–Kier alpha value is -0.950. The standard InChI is InChI=1S/C10H7BrF2N2OS/c1-5-14-15-10(16-5)17-4-6-8(12)3-2-7(11)9(6)13/h2-3H,4H2,1H3. The zero-order valence-corrected chi connectivity index (χ0v) is 11.1. The number of thioether (sulfide) groups is 1. The quantitative estimate of drug-likeness (QED) is 0.638. The van der Waals surface area contributed by atoms with Crippen molar-refractivity contribution < 1.29 is 13.2 Å². The molecule has 0 spiro atoms. The van der Waals surface area contributed by atoms with Crippen LogP contribution in [0.5, 0.6) is 0 Å². The molecular weight excluding hydrogens is 314 g/mol. The van der Waals surface area contributed by atoms with Gasteiger partial charge in [0.25, 0.3) is 5.22 Å². The van der Waals surface area contributed by atoms with Crippen LogP contribution in [-0.2, 0) is 5.75 Å². The van der Waals surface area contributed by atoms with Gasteiger partial charge in [-0.25, -0.2) is 8.78 Å². The molecule has 1 heterocycles. The summed E-state index contributed by atoms with van der Waals surface area (Å²) in [6.45, 7) is 1.65. The second-order valence-corrected chi connectivity index (χ2v) is 4.98. The van der Waals surface area contributed by atoms with E-state index in [4.69, 9.17) is 4.42 Å². The van der Waals surface area contributed by atoms with E-state index in [-0.39, 0.29) is 15.8 Å². The third-order valence-electron chi connectivity index (χ3n) is 1.99. The molecule has 90 valence electrons. The number of halogens is 3. The zero-order chi connectivity index (χ0) is 12.4. The van der Waals surface area contributed by atoms with Gasteiger partial charge in [0.1, 0.15) is 11.6 Å². The first kappa shape index (κ1) is 12.5. The number of aromatic nitrogens is 2. The molecule has 0 aliphatic carbocycles. The van der Waals surface area contributed by atoms with Gasteiger partial charge in [-0.1, -0.05) is 11.8 Å². The first-order valence-electron chi connectivity index (χ1n) is 4.63. The molecule has 0 fully saturated rings. The molecule has 0 saturated heterocycles. The molecule has 3 nitrogen and oxygen atoms in total. The van der Waals surface area contributed by atoms with E-state index in [0.717, 1.165) is 11.8 Å². The highest BCUT2D eigenvalue weighted by Gasteiger charge is 2.14. The summed E-state index contributed by atoms with van der Waals surface area (Å²) in [4.78, 5) is 0. The Bertz CT molecular complexity index is 547. The highest BCUT2D eigenvalue weighted by Crippen LogP contribution is 2.28. The Labute approximate surface area is 109 Å². The van der Waals surface area contributed by atoms with Gasteiger partial charge in [0.2, 0.25) is 5.89 Å². The summed E-state index contributed by atoms with van der Waals surface area (Å²) in [5, 5.41) is 7.65. The second-order valence-electron chi connectivity index (χ2n) is 3.20. The highest BCUT2D eigenvalue weighted by molar-refractivity contribution is 9.10. The smallest absolute Gasteiger partial charge is 0.276 e. The fourth-order valence-electron chi connectivity index (χ4n) is 1.17. The number of rotatable bonds is 3.